The van der Waals surface area contributed by atoms with Gasteiger partial charge in [0.2, 0.25) is 5.78 Å². The Balaban J connectivity index is 1.70. The van der Waals surface area contributed by atoms with Crippen LogP contribution in [0.25, 0.3) is 0 Å². The van der Waals surface area contributed by atoms with Crippen molar-refractivity contribution in [2.75, 3.05) is 26.9 Å². The van der Waals surface area contributed by atoms with E-state index in [0.717, 1.165) is 22.4 Å². The monoisotopic (exact) mass is 437 g/mol. The number of fused-ring (bicyclic) bond motifs is 1. The Labute approximate surface area is 187 Å². The molecule has 0 spiro atoms. The molecule has 7 heteroatoms. The van der Waals surface area contributed by atoms with E-state index in [4.69, 9.17) is 9.47 Å². The van der Waals surface area contributed by atoms with Crippen LogP contribution in [0.5, 0.6) is 0 Å². The Bertz CT molecular complexity index is 1060. The molecular weight excluding hydrogens is 410 g/mol. The summed E-state index contributed by atoms with van der Waals surface area (Å²) in [6.07, 6.45) is 2.02. The van der Waals surface area contributed by atoms with Crippen molar-refractivity contribution in [2.24, 2.45) is 0 Å². The molecule has 1 aliphatic rings. The van der Waals surface area contributed by atoms with E-state index in [2.05, 4.69) is 0 Å². The fourth-order valence-corrected chi connectivity index (χ4v) is 3.69. The van der Waals surface area contributed by atoms with Crippen LogP contribution < -0.4 is 0 Å². The van der Waals surface area contributed by atoms with E-state index in [1.165, 1.54) is 18.2 Å². The minimum Gasteiger partial charge on any atom is -0.454 e. The van der Waals surface area contributed by atoms with Gasteiger partial charge in [0, 0.05) is 25.8 Å². The molecule has 0 aliphatic carbocycles. The molecular formula is C25H27NO6. The number of benzene rings is 2. The second-order valence-electron chi connectivity index (χ2n) is 7.57. The average molecular weight is 437 g/mol. The summed E-state index contributed by atoms with van der Waals surface area (Å²) in [5.74, 6) is -1.83. The quantitative estimate of drug-likeness (QED) is 0.245. The van der Waals surface area contributed by atoms with E-state index >= 15 is 0 Å². The molecule has 0 radical (unpaired) electrons. The van der Waals surface area contributed by atoms with Crippen molar-refractivity contribution in [2.45, 2.75) is 33.1 Å². The lowest BCUT2D eigenvalue weighted by molar-refractivity contribution is 0.0474. The number of carbonyl (C=O) groups excluding carboxylic acids is 4. The first-order valence-electron chi connectivity index (χ1n) is 10.7. The van der Waals surface area contributed by atoms with Crippen LogP contribution >= 0.6 is 0 Å². The van der Waals surface area contributed by atoms with E-state index in [1.807, 2.05) is 32.0 Å². The number of aryl methyl sites for hydroxylation is 2. The predicted molar refractivity (Wildman–Crippen MR) is 118 cm³/mol. The number of methoxy groups -OCH3 is 1. The smallest absolute Gasteiger partial charge is 0.338 e. The van der Waals surface area contributed by atoms with Crippen molar-refractivity contribution in [3.05, 3.63) is 69.8 Å². The average Bonchev–Trinajstić information content (AvgIpc) is 3.06. The highest BCUT2D eigenvalue weighted by atomic mass is 16.5. The van der Waals surface area contributed by atoms with E-state index < -0.39 is 18.5 Å². The third-order valence-corrected chi connectivity index (χ3v) is 5.53. The van der Waals surface area contributed by atoms with E-state index in [-0.39, 0.29) is 34.9 Å². The van der Waals surface area contributed by atoms with Crippen molar-refractivity contribution in [3.8, 4) is 0 Å². The molecule has 0 saturated carbocycles. The number of hydrogen-bond donors (Lipinski definition) is 0. The standard InChI is InChI=1S/C25H27NO6/c1-4-16-7-8-17(5-2)20(13-16)22(27)15-32-25(30)18-9-10-19-21(14-18)24(29)26(23(19)28)11-6-12-31-3/h7-10,13-14H,4-6,11-12,15H2,1-3H3. The third-order valence-electron chi connectivity index (χ3n) is 5.53. The van der Waals surface area contributed by atoms with Gasteiger partial charge in [-0.1, -0.05) is 26.0 Å². The number of Topliss-reactive ketones (excluding diaryl/α,β-unsaturated/α-hetero) is 1. The SMILES string of the molecule is CCc1ccc(CC)c(C(=O)COC(=O)c2ccc3c(c2)C(=O)N(CCCOC)C3=O)c1. The summed E-state index contributed by atoms with van der Waals surface area (Å²) in [6.45, 7) is 4.25. The van der Waals surface area contributed by atoms with Crippen molar-refractivity contribution in [1.29, 1.82) is 0 Å². The fraction of sp³-hybridized carbons (Fsp3) is 0.360. The lowest BCUT2D eigenvalue weighted by Crippen LogP contribution is -2.31. The van der Waals surface area contributed by atoms with Crippen LogP contribution in [0.15, 0.2) is 36.4 Å². The zero-order valence-electron chi connectivity index (χ0n) is 18.6. The van der Waals surface area contributed by atoms with E-state index in [1.54, 1.807) is 7.11 Å². The Morgan fingerprint density at radius 2 is 1.69 bits per heavy atom. The Kier molecular flexibility index (Phi) is 7.53. The number of carbonyl (C=O) groups is 4. The number of ketones is 1. The second-order valence-corrected chi connectivity index (χ2v) is 7.57. The van der Waals surface area contributed by atoms with Gasteiger partial charge in [0.15, 0.2) is 6.61 Å². The molecule has 0 unspecified atom stereocenters. The number of esters is 1. The Hall–Kier alpha value is -3.32. The first-order chi connectivity index (χ1) is 15.4. The van der Waals surface area contributed by atoms with Crippen molar-refractivity contribution >= 4 is 23.6 Å². The summed E-state index contributed by atoms with van der Waals surface area (Å²) in [5.41, 5.74) is 3.03. The molecule has 1 aliphatic heterocycles. The maximum atomic E-state index is 12.7. The lowest BCUT2D eigenvalue weighted by Gasteiger charge is -2.12. The van der Waals surface area contributed by atoms with Crippen molar-refractivity contribution < 1.29 is 28.7 Å². The van der Waals surface area contributed by atoms with Gasteiger partial charge in [0.25, 0.3) is 11.8 Å². The van der Waals surface area contributed by atoms with Gasteiger partial charge in [-0.05, 0) is 54.7 Å². The molecule has 168 valence electrons. The normalized spacial score (nSPS) is 12.8. The molecule has 2 aromatic rings. The summed E-state index contributed by atoms with van der Waals surface area (Å²) >= 11 is 0. The van der Waals surface area contributed by atoms with Crippen LogP contribution in [0, 0.1) is 0 Å². The predicted octanol–water partition coefficient (Wildman–Crippen LogP) is 3.48. The maximum absolute atomic E-state index is 12.7. The van der Waals surface area contributed by atoms with Crippen LogP contribution in [-0.2, 0) is 22.3 Å². The van der Waals surface area contributed by atoms with E-state index in [9.17, 15) is 19.2 Å². The largest absolute Gasteiger partial charge is 0.454 e. The van der Waals surface area contributed by atoms with Gasteiger partial charge in [-0.3, -0.25) is 19.3 Å². The second kappa shape index (κ2) is 10.3. The van der Waals surface area contributed by atoms with Crippen molar-refractivity contribution in [1.82, 2.24) is 4.90 Å². The van der Waals surface area contributed by atoms with Crippen LogP contribution in [0.3, 0.4) is 0 Å². The number of imide groups is 1. The Morgan fingerprint density at radius 1 is 0.938 bits per heavy atom. The molecule has 2 amide bonds. The van der Waals surface area contributed by atoms with Crippen LogP contribution in [-0.4, -0.2) is 55.3 Å². The highest BCUT2D eigenvalue weighted by molar-refractivity contribution is 6.22. The zero-order chi connectivity index (χ0) is 23.3. The molecule has 0 fully saturated rings. The highest BCUT2D eigenvalue weighted by Gasteiger charge is 2.35. The molecule has 0 N–H and O–H groups in total. The topological polar surface area (TPSA) is 90.0 Å². The van der Waals surface area contributed by atoms with Gasteiger partial charge in [-0.25, -0.2) is 4.79 Å². The molecule has 0 saturated heterocycles. The maximum Gasteiger partial charge on any atom is 0.338 e. The molecule has 0 bridgehead atoms. The third kappa shape index (κ3) is 4.78. The molecule has 7 nitrogen and oxygen atoms in total. The fourth-order valence-electron chi connectivity index (χ4n) is 3.69. The highest BCUT2D eigenvalue weighted by Crippen LogP contribution is 2.24. The zero-order valence-corrected chi connectivity index (χ0v) is 18.6. The number of rotatable bonds is 10. The molecule has 0 aromatic heterocycles. The number of ether oxygens (including phenoxy) is 2. The van der Waals surface area contributed by atoms with Crippen molar-refractivity contribution in [3.63, 3.8) is 0 Å². The summed E-state index contributed by atoms with van der Waals surface area (Å²) < 4.78 is 10.2. The van der Waals surface area contributed by atoms with Crippen LogP contribution in [0.1, 0.15) is 72.8 Å². The van der Waals surface area contributed by atoms with Crippen LogP contribution in [0.4, 0.5) is 0 Å². The number of nitrogens with zero attached hydrogens (tertiary/aromatic N) is 1. The summed E-state index contributed by atoms with van der Waals surface area (Å²) in [5, 5.41) is 0. The van der Waals surface area contributed by atoms with Gasteiger partial charge >= 0.3 is 5.97 Å². The summed E-state index contributed by atoms with van der Waals surface area (Å²) in [4.78, 5) is 51.5. The minimum absolute atomic E-state index is 0.120. The van der Waals surface area contributed by atoms with Gasteiger partial charge < -0.3 is 9.47 Å². The summed E-state index contributed by atoms with van der Waals surface area (Å²) in [6, 6.07) is 9.99. The minimum atomic E-state index is -0.719. The molecule has 32 heavy (non-hydrogen) atoms. The number of hydrogen-bond acceptors (Lipinski definition) is 6. The van der Waals surface area contributed by atoms with Gasteiger partial charge in [0.05, 0.1) is 16.7 Å². The first-order valence-corrected chi connectivity index (χ1v) is 10.7. The molecule has 1 heterocycles. The molecule has 3 rings (SSSR count). The van der Waals surface area contributed by atoms with Crippen LogP contribution in [0.2, 0.25) is 0 Å². The lowest BCUT2D eigenvalue weighted by atomic mass is 9.98. The first kappa shape index (κ1) is 23.3. The van der Waals surface area contributed by atoms with Gasteiger partial charge in [-0.2, -0.15) is 0 Å². The molecule has 2 aromatic carbocycles. The van der Waals surface area contributed by atoms with Gasteiger partial charge in [-0.15, -0.1) is 0 Å². The molecule has 0 atom stereocenters. The summed E-state index contributed by atoms with van der Waals surface area (Å²) in [7, 11) is 1.55. The number of amides is 2. The van der Waals surface area contributed by atoms with E-state index in [0.29, 0.717) is 25.0 Å². The van der Waals surface area contributed by atoms with Gasteiger partial charge in [0.1, 0.15) is 0 Å². The Morgan fingerprint density at radius 3 is 2.38 bits per heavy atom.